The fraction of sp³-hybridized carbons (Fsp3) is 0.357. The third-order valence-electron chi connectivity index (χ3n) is 3.02. The van der Waals surface area contributed by atoms with E-state index < -0.39 is 11.7 Å². The van der Waals surface area contributed by atoms with Crippen LogP contribution in [0.1, 0.15) is 19.3 Å². The maximum Gasteiger partial charge on any atom is 0.188 e. The normalized spacial score (nSPS) is 16.5. The van der Waals surface area contributed by atoms with Crippen molar-refractivity contribution >= 4 is 29.0 Å². The molecule has 0 heterocycles. The molecule has 0 aliphatic heterocycles. The molecule has 0 aromatic heterocycles. The van der Waals surface area contributed by atoms with E-state index in [1.165, 1.54) is 0 Å². The van der Waals surface area contributed by atoms with Gasteiger partial charge in [0.05, 0.1) is 5.02 Å². The maximum atomic E-state index is 11.9. The average Bonchev–Trinajstić information content (AvgIpc) is 2.37. The summed E-state index contributed by atoms with van der Waals surface area (Å²) >= 11 is 5.88. The summed E-state index contributed by atoms with van der Waals surface area (Å²) in [4.78, 5) is 35.1. The first-order chi connectivity index (χ1) is 9.09. The van der Waals surface area contributed by atoms with Crippen molar-refractivity contribution in [2.75, 3.05) is 6.61 Å². The van der Waals surface area contributed by atoms with Crippen LogP contribution in [0.3, 0.4) is 0 Å². The molecule has 1 saturated carbocycles. The van der Waals surface area contributed by atoms with Gasteiger partial charge in [-0.2, -0.15) is 0 Å². The number of Topliss-reactive ketones (excluding diaryl/α,β-unsaturated/α-hetero) is 3. The van der Waals surface area contributed by atoms with Gasteiger partial charge in [-0.15, -0.1) is 0 Å². The van der Waals surface area contributed by atoms with Gasteiger partial charge in [-0.1, -0.05) is 23.7 Å². The van der Waals surface area contributed by atoms with Gasteiger partial charge in [-0.05, 0) is 18.6 Å². The molecule has 1 aliphatic rings. The van der Waals surface area contributed by atoms with Crippen molar-refractivity contribution in [2.24, 2.45) is 5.92 Å². The van der Waals surface area contributed by atoms with Crippen molar-refractivity contribution in [3.63, 3.8) is 0 Å². The lowest BCUT2D eigenvalue weighted by Gasteiger charge is -2.18. The Balaban J connectivity index is 1.99. The first kappa shape index (κ1) is 13.7. The standard InChI is InChI=1S/C14H13ClO4/c15-9-4-1-2-7-13(9)19-8-12(18)14-10(16)5-3-6-11(14)17/h1-2,4,7,14H,3,5-6,8H2. The molecule has 0 saturated heterocycles. The molecule has 2 rings (SSSR count). The molecule has 1 aromatic carbocycles. The van der Waals surface area contributed by atoms with Crippen molar-refractivity contribution in [1.82, 2.24) is 0 Å². The lowest BCUT2D eigenvalue weighted by molar-refractivity contribution is -0.142. The van der Waals surface area contributed by atoms with Gasteiger partial charge in [0, 0.05) is 12.8 Å². The molecule has 0 N–H and O–H groups in total. The summed E-state index contributed by atoms with van der Waals surface area (Å²) in [7, 11) is 0. The minimum absolute atomic E-state index is 0.286. The molecule has 0 bridgehead atoms. The lowest BCUT2D eigenvalue weighted by atomic mass is 9.84. The van der Waals surface area contributed by atoms with E-state index in [2.05, 4.69) is 0 Å². The fourth-order valence-electron chi connectivity index (χ4n) is 2.06. The molecule has 0 amide bonds. The van der Waals surface area contributed by atoms with E-state index in [1.807, 2.05) is 0 Å². The SMILES string of the molecule is O=C1CCCC(=O)C1C(=O)COc1ccccc1Cl. The summed E-state index contributed by atoms with van der Waals surface area (Å²) < 4.78 is 5.26. The molecule has 0 atom stereocenters. The Labute approximate surface area is 115 Å². The van der Waals surface area contributed by atoms with Crippen LogP contribution in [0.4, 0.5) is 0 Å². The summed E-state index contributed by atoms with van der Waals surface area (Å²) in [5, 5.41) is 0.386. The number of ether oxygens (including phenoxy) is 1. The van der Waals surface area contributed by atoms with E-state index in [1.54, 1.807) is 24.3 Å². The molecule has 100 valence electrons. The highest BCUT2D eigenvalue weighted by Gasteiger charge is 2.35. The predicted molar refractivity (Wildman–Crippen MR) is 69.3 cm³/mol. The van der Waals surface area contributed by atoms with Gasteiger partial charge in [0.1, 0.15) is 18.3 Å². The fourth-order valence-corrected chi connectivity index (χ4v) is 2.25. The summed E-state index contributed by atoms with van der Waals surface area (Å²) in [5.41, 5.74) is 0. The number of ketones is 3. The molecule has 4 nitrogen and oxygen atoms in total. The Bertz CT molecular complexity index is 508. The summed E-state index contributed by atoms with van der Waals surface area (Å²) in [6.45, 7) is -0.314. The van der Waals surface area contributed by atoms with Crippen molar-refractivity contribution in [2.45, 2.75) is 19.3 Å². The van der Waals surface area contributed by atoms with E-state index in [0.717, 1.165) is 0 Å². The Morgan fingerprint density at radius 2 is 1.84 bits per heavy atom. The number of carbonyl (C=O) groups is 3. The molecular weight excluding hydrogens is 268 g/mol. The maximum absolute atomic E-state index is 11.9. The van der Waals surface area contributed by atoms with Crippen LogP contribution in [0, 0.1) is 5.92 Å². The largest absolute Gasteiger partial charge is 0.484 e. The van der Waals surface area contributed by atoms with E-state index in [0.29, 0.717) is 17.2 Å². The van der Waals surface area contributed by atoms with Gasteiger partial charge in [0.2, 0.25) is 0 Å². The zero-order valence-electron chi connectivity index (χ0n) is 10.2. The molecule has 0 unspecified atom stereocenters. The van der Waals surface area contributed by atoms with Gasteiger partial charge in [-0.25, -0.2) is 0 Å². The number of carbonyl (C=O) groups excluding carboxylic acids is 3. The van der Waals surface area contributed by atoms with E-state index in [-0.39, 0.29) is 31.0 Å². The smallest absolute Gasteiger partial charge is 0.188 e. The van der Waals surface area contributed by atoms with Crippen molar-refractivity contribution < 1.29 is 19.1 Å². The van der Waals surface area contributed by atoms with Gasteiger partial charge in [0.25, 0.3) is 0 Å². The first-order valence-corrected chi connectivity index (χ1v) is 6.43. The van der Waals surface area contributed by atoms with Crippen molar-refractivity contribution in [3.8, 4) is 5.75 Å². The van der Waals surface area contributed by atoms with Crippen molar-refractivity contribution in [3.05, 3.63) is 29.3 Å². The molecule has 5 heteroatoms. The molecule has 19 heavy (non-hydrogen) atoms. The van der Waals surface area contributed by atoms with Gasteiger partial charge < -0.3 is 4.74 Å². The molecule has 1 aromatic rings. The van der Waals surface area contributed by atoms with Crippen LogP contribution in [-0.4, -0.2) is 24.0 Å². The van der Waals surface area contributed by atoms with Gasteiger partial charge >= 0.3 is 0 Å². The number of para-hydroxylation sites is 1. The zero-order valence-corrected chi connectivity index (χ0v) is 11.0. The second-order valence-electron chi connectivity index (χ2n) is 4.40. The summed E-state index contributed by atoms with van der Waals surface area (Å²) in [6.07, 6.45) is 1.11. The Kier molecular flexibility index (Phi) is 4.32. The highest BCUT2D eigenvalue weighted by atomic mass is 35.5. The van der Waals surface area contributed by atoms with Crippen LogP contribution in [0.15, 0.2) is 24.3 Å². The van der Waals surface area contributed by atoms with Crippen LogP contribution in [0.5, 0.6) is 5.75 Å². The van der Waals surface area contributed by atoms with Crippen LogP contribution < -0.4 is 4.74 Å². The molecule has 1 aliphatic carbocycles. The van der Waals surface area contributed by atoms with Gasteiger partial charge in [-0.3, -0.25) is 14.4 Å². The Morgan fingerprint density at radius 1 is 1.21 bits per heavy atom. The van der Waals surface area contributed by atoms with Gasteiger partial charge in [0.15, 0.2) is 17.3 Å². The third-order valence-corrected chi connectivity index (χ3v) is 3.33. The quantitative estimate of drug-likeness (QED) is 0.794. The third kappa shape index (κ3) is 3.20. The highest BCUT2D eigenvalue weighted by molar-refractivity contribution is 6.32. The monoisotopic (exact) mass is 280 g/mol. The van der Waals surface area contributed by atoms with E-state index in [4.69, 9.17) is 16.3 Å². The summed E-state index contributed by atoms with van der Waals surface area (Å²) in [5.74, 6) is -1.87. The van der Waals surface area contributed by atoms with Crippen LogP contribution >= 0.6 is 11.6 Å². The first-order valence-electron chi connectivity index (χ1n) is 6.05. The number of rotatable bonds is 4. The van der Waals surface area contributed by atoms with Crippen LogP contribution in [-0.2, 0) is 14.4 Å². The lowest BCUT2D eigenvalue weighted by Crippen LogP contribution is -2.37. The highest BCUT2D eigenvalue weighted by Crippen LogP contribution is 2.24. The minimum atomic E-state index is -1.14. The molecule has 0 radical (unpaired) electrons. The zero-order chi connectivity index (χ0) is 13.8. The second-order valence-corrected chi connectivity index (χ2v) is 4.81. The van der Waals surface area contributed by atoms with E-state index >= 15 is 0 Å². The Morgan fingerprint density at radius 3 is 2.47 bits per heavy atom. The molecule has 0 spiro atoms. The topological polar surface area (TPSA) is 60.4 Å². The predicted octanol–water partition coefficient (Wildman–Crippen LogP) is 2.23. The molecular formula is C14H13ClO4. The number of hydrogen-bond donors (Lipinski definition) is 0. The minimum Gasteiger partial charge on any atom is -0.484 e. The van der Waals surface area contributed by atoms with Crippen molar-refractivity contribution in [1.29, 1.82) is 0 Å². The number of halogens is 1. The van der Waals surface area contributed by atoms with Crippen LogP contribution in [0.2, 0.25) is 5.02 Å². The van der Waals surface area contributed by atoms with E-state index in [9.17, 15) is 14.4 Å². The average molecular weight is 281 g/mol. The van der Waals surface area contributed by atoms with Crippen LogP contribution in [0.25, 0.3) is 0 Å². The number of hydrogen-bond acceptors (Lipinski definition) is 4. The Hall–Kier alpha value is -1.68. The second kappa shape index (κ2) is 5.97. The summed E-state index contributed by atoms with van der Waals surface area (Å²) in [6, 6.07) is 6.73. The number of benzene rings is 1. The molecule has 1 fully saturated rings.